The first kappa shape index (κ1) is 30.8. The molecule has 5 aliphatic heterocycles. The number of rotatable bonds is 2. The molecule has 0 radical (unpaired) electrons. The van der Waals surface area contributed by atoms with Crippen molar-refractivity contribution in [1.82, 2.24) is 20.5 Å². The number of carbonyl (C=O) groups is 3. The van der Waals surface area contributed by atoms with Crippen LogP contribution in [0.5, 0.6) is 17.2 Å². The van der Waals surface area contributed by atoms with E-state index in [1.165, 1.54) is 19.2 Å². The predicted octanol–water partition coefficient (Wildman–Crippen LogP) is 4.11. The molecule has 2 N–H and O–H groups in total. The van der Waals surface area contributed by atoms with Gasteiger partial charge in [0.1, 0.15) is 17.7 Å². The summed E-state index contributed by atoms with van der Waals surface area (Å²) in [5.74, 6) is 0.319. The van der Waals surface area contributed by atoms with Gasteiger partial charge in [-0.15, -0.1) is 0 Å². The van der Waals surface area contributed by atoms with E-state index < -0.39 is 18.0 Å². The predicted molar refractivity (Wildman–Crippen MR) is 168 cm³/mol. The third kappa shape index (κ3) is 7.03. The molecule has 1 fully saturated rings. The Labute approximate surface area is 265 Å². The molecule has 6 heterocycles. The molecule has 0 aliphatic carbocycles. The largest absolute Gasteiger partial charge is 0.493 e. The molecule has 4 aromatic rings. The van der Waals surface area contributed by atoms with Crippen LogP contribution < -0.4 is 24.8 Å². The van der Waals surface area contributed by atoms with E-state index in [1.54, 1.807) is 36.1 Å². The van der Waals surface area contributed by atoms with Gasteiger partial charge in [-0.1, -0.05) is 18.2 Å². The molecule has 238 valence electrons. The lowest BCUT2D eigenvalue weighted by molar-refractivity contribution is -0.125. The van der Waals surface area contributed by atoms with Crippen LogP contribution in [-0.4, -0.2) is 66.6 Å². The van der Waals surface area contributed by atoms with Gasteiger partial charge in [-0.3, -0.25) is 19.4 Å². The van der Waals surface area contributed by atoms with E-state index in [4.69, 9.17) is 14.2 Å². The lowest BCUT2D eigenvalue weighted by Gasteiger charge is -2.39. The molecule has 1 saturated heterocycles. The number of ether oxygens (including phenoxy) is 3. The number of aryl methyl sites for hydroxylation is 2. The Bertz CT molecular complexity index is 1770. The number of likely N-dealkylation sites (tertiary alicyclic amines) is 1. The fraction of sp³-hybridized carbons (Fsp3) is 0.314. The van der Waals surface area contributed by atoms with Crippen LogP contribution in [0.25, 0.3) is 10.9 Å². The number of fused-ring (bicyclic) bond motifs is 1. The van der Waals surface area contributed by atoms with Crippen molar-refractivity contribution in [1.29, 1.82) is 0 Å². The van der Waals surface area contributed by atoms with E-state index in [0.29, 0.717) is 71.8 Å². The van der Waals surface area contributed by atoms with E-state index in [2.05, 4.69) is 15.6 Å². The van der Waals surface area contributed by atoms with Crippen molar-refractivity contribution in [2.45, 2.75) is 44.9 Å². The van der Waals surface area contributed by atoms with Crippen molar-refractivity contribution >= 4 is 28.6 Å². The second kappa shape index (κ2) is 13.4. The van der Waals surface area contributed by atoms with Crippen LogP contribution in [0.15, 0.2) is 66.7 Å². The molecule has 10 nitrogen and oxygen atoms in total. The Kier molecular flexibility index (Phi) is 9.00. The summed E-state index contributed by atoms with van der Waals surface area (Å²) in [6.45, 7) is 2.41. The van der Waals surface area contributed by atoms with E-state index in [-0.39, 0.29) is 30.9 Å². The number of hydrogen-bond donors (Lipinski definition) is 2. The van der Waals surface area contributed by atoms with Crippen LogP contribution in [0.2, 0.25) is 0 Å². The first-order valence-corrected chi connectivity index (χ1v) is 15.2. The number of nitrogens with zero attached hydrogens (tertiary/aromatic N) is 2. The minimum atomic E-state index is -0.561. The number of methoxy groups -OCH3 is 1. The summed E-state index contributed by atoms with van der Waals surface area (Å²) in [6, 6.07) is 18.1. The molecule has 9 rings (SSSR count). The third-order valence-corrected chi connectivity index (χ3v) is 8.24. The van der Waals surface area contributed by atoms with Gasteiger partial charge in [-0.2, -0.15) is 0 Å². The average molecular weight is 627 g/mol. The van der Waals surface area contributed by atoms with Crippen molar-refractivity contribution < 1.29 is 33.0 Å². The van der Waals surface area contributed by atoms with Crippen LogP contribution in [0.3, 0.4) is 0 Å². The molecule has 0 unspecified atom stereocenters. The molecule has 11 heteroatoms. The van der Waals surface area contributed by atoms with Crippen LogP contribution >= 0.6 is 0 Å². The number of pyridine rings is 1. The fourth-order valence-corrected chi connectivity index (χ4v) is 5.86. The van der Waals surface area contributed by atoms with Gasteiger partial charge in [0.05, 0.1) is 24.2 Å². The van der Waals surface area contributed by atoms with Crippen LogP contribution in [0.1, 0.15) is 40.0 Å². The summed E-state index contributed by atoms with van der Waals surface area (Å²) < 4.78 is 31.6. The summed E-state index contributed by atoms with van der Waals surface area (Å²) in [4.78, 5) is 45.7. The lowest BCUT2D eigenvalue weighted by atomic mass is 9.99. The van der Waals surface area contributed by atoms with Crippen LogP contribution in [-0.2, 0) is 22.6 Å². The third-order valence-electron chi connectivity index (χ3n) is 8.24. The molecular weight excluding hydrogens is 591 g/mol. The minimum Gasteiger partial charge on any atom is -0.493 e. The second-order valence-corrected chi connectivity index (χ2v) is 11.5. The summed E-state index contributed by atoms with van der Waals surface area (Å²) in [6.07, 6.45) is 0.828. The number of aromatic nitrogens is 1. The standard InChI is InChI=1S/C35H35FN4O6/c1-21-15-27(26-10-7-24(36)17-28(26)38-21)35(43)40-14-13-30-29(19-40)39-34(42)20-45-31-11-5-22(16-32(31)44-2)6-12-33(41)37-18-23-3-8-25(46-30)9-4-23/h3-5,7-11,15-17,29-30H,6,12-14,18-20H2,1-2H3,(H,37,41)(H,39,42)/t29-,30-/m1/s1. The molecule has 1 aromatic heterocycles. The van der Waals surface area contributed by atoms with Gasteiger partial charge >= 0.3 is 0 Å². The number of piperidine rings is 1. The Morgan fingerprint density at radius 1 is 1.00 bits per heavy atom. The van der Waals surface area contributed by atoms with Crippen molar-refractivity contribution in [3.8, 4) is 17.2 Å². The first-order valence-electron chi connectivity index (χ1n) is 15.2. The van der Waals surface area contributed by atoms with Crippen LogP contribution in [0.4, 0.5) is 4.39 Å². The van der Waals surface area contributed by atoms with Crippen molar-refractivity contribution in [2.24, 2.45) is 0 Å². The molecule has 4 bridgehead atoms. The molecular formula is C35H35FN4O6. The maximum absolute atomic E-state index is 14.0. The van der Waals surface area contributed by atoms with Gasteiger partial charge in [0, 0.05) is 49.6 Å². The van der Waals surface area contributed by atoms with Crippen molar-refractivity contribution in [3.05, 3.63) is 94.9 Å². The SMILES string of the molecule is COc1cc2ccc1OCC(=O)N[C@@H]1CN(C(=O)c3cc(C)nc4cc(F)ccc34)CC[C@H]1Oc1ccc(cc1)CNC(=O)CC2. The van der Waals surface area contributed by atoms with Gasteiger partial charge in [-0.25, -0.2) is 4.39 Å². The van der Waals surface area contributed by atoms with E-state index >= 15 is 0 Å². The fourth-order valence-electron chi connectivity index (χ4n) is 5.86. The summed E-state index contributed by atoms with van der Waals surface area (Å²) in [5, 5.41) is 6.53. The Morgan fingerprint density at radius 3 is 2.61 bits per heavy atom. The van der Waals surface area contributed by atoms with Crippen molar-refractivity contribution in [2.75, 3.05) is 26.8 Å². The van der Waals surface area contributed by atoms with Gasteiger partial charge < -0.3 is 29.7 Å². The highest BCUT2D eigenvalue weighted by atomic mass is 19.1. The highest BCUT2D eigenvalue weighted by Gasteiger charge is 2.35. The quantitative estimate of drug-likeness (QED) is 0.344. The lowest BCUT2D eigenvalue weighted by Crippen LogP contribution is -2.58. The molecule has 3 aromatic carbocycles. The van der Waals surface area contributed by atoms with E-state index in [9.17, 15) is 18.8 Å². The minimum absolute atomic E-state index is 0.0723. The highest BCUT2D eigenvalue weighted by Crippen LogP contribution is 2.29. The zero-order chi connectivity index (χ0) is 32.2. The van der Waals surface area contributed by atoms with Gasteiger partial charge in [0.2, 0.25) is 5.91 Å². The molecule has 0 saturated carbocycles. The summed E-state index contributed by atoms with van der Waals surface area (Å²) >= 11 is 0. The monoisotopic (exact) mass is 626 g/mol. The topological polar surface area (TPSA) is 119 Å². The molecule has 3 amide bonds. The van der Waals surface area contributed by atoms with Crippen molar-refractivity contribution in [3.63, 3.8) is 0 Å². The molecule has 5 aliphatic rings. The first-order chi connectivity index (χ1) is 22.2. The molecule has 0 spiro atoms. The zero-order valence-electron chi connectivity index (χ0n) is 25.7. The average Bonchev–Trinajstić information content (AvgIpc) is 3.05. The number of halogens is 1. The maximum atomic E-state index is 14.0. The Morgan fingerprint density at radius 2 is 1.80 bits per heavy atom. The summed E-state index contributed by atoms with van der Waals surface area (Å²) in [5.41, 5.74) is 3.24. The number of benzene rings is 3. The van der Waals surface area contributed by atoms with Crippen LogP contribution in [0, 0.1) is 12.7 Å². The zero-order valence-corrected chi connectivity index (χ0v) is 25.7. The maximum Gasteiger partial charge on any atom is 0.258 e. The normalized spacial score (nSPS) is 19.0. The Hall–Kier alpha value is -5.19. The molecule has 46 heavy (non-hydrogen) atoms. The Balaban J connectivity index is 1.26. The number of hydrogen-bond acceptors (Lipinski definition) is 7. The summed E-state index contributed by atoms with van der Waals surface area (Å²) in [7, 11) is 1.52. The molecule has 2 atom stereocenters. The number of nitrogens with one attached hydrogen (secondary N) is 2. The van der Waals surface area contributed by atoms with E-state index in [0.717, 1.165) is 11.1 Å². The van der Waals surface area contributed by atoms with Gasteiger partial charge in [0.25, 0.3) is 11.8 Å². The second-order valence-electron chi connectivity index (χ2n) is 11.5. The van der Waals surface area contributed by atoms with E-state index in [1.807, 2.05) is 30.3 Å². The number of carbonyl (C=O) groups excluding carboxylic acids is 3. The van der Waals surface area contributed by atoms with Gasteiger partial charge in [-0.05, 0) is 66.9 Å². The van der Waals surface area contributed by atoms with Gasteiger partial charge in [0.15, 0.2) is 18.1 Å². The smallest absolute Gasteiger partial charge is 0.258 e. The highest BCUT2D eigenvalue weighted by molar-refractivity contribution is 6.06. The number of amides is 3.